The third-order valence-corrected chi connectivity index (χ3v) is 5.86. The van der Waals surface area contributed by atoms with Crippen LogP contribution in [0.2, 0.25) is 0 Å². The molecule has 0 N–H and O–H groups in total. The van der Waals surface area contributed by atoms with Crippen molar-refractivity contribution in [3.63, 3.8) is 0 Å². The second-order valence-electron chi connectivity index (χ2n) is 6.59. The Labute approximate surface area is 176 Å². The smallest absolute Gasteiger partial charge is 0.240 e. The fourth-order valence-corrected chi connectivity index (χ4v) is 4.20. The number of thioether (sulfide) groups is 1. The molecule has 0 fully saturated rings. The van der Waals surface area contributed by atoms with Crippen molar-refractivity contribution in [2.45, 2.75) is 16.7 Å². The Morgan fingerprint density at radius 1 is 0.931 bits per heavy atom. The van der Waals surface area contributed by atoms with Crippen LogP contribution in [0.4, 0.5) is 0 Å². The lowest BCUT2D eigenvalue weighted by Crippen LogP contribution is -2.30. The van der Waals surface area contributed by atoms with E-state index in [9.17, 15) is 4.79 Å². The van der Waals surface area contributed by atoms with E-state index in [4.69, 9.17) is 9.47 Å². The molecule has 0 heterocycles. The number of nitrogens with zero attached hydrogens (tertiary/aromatic N) is 1. The first-order valence-electron chi connectivity index (χ1n) is 9.35. The Kier molecular flexibility index (Phi) is 7.19. The van der Waals surface area contributed by atoms with Crippen molar-refractivity contribution in [3.8, 4) is 11.5 Å². The lowest BCUT2D eigenvalue weighted by molar-refractivity contribution is -0.129. The first-order chi connectivity index (χ1) is 14.1. The van der Waals surface area contributed by atoms with E-state index >= 15 is 0 Å². The Balaban J connectivity index is 1.83. The quantitative estimate of drug-likeness (QED) is 0.481. The van der Waals surface area contributed by atoms with E-state index < -0.39 is 0 Å². The number of methoxy groups -OCH3 is 2. The molecule has 0 saturated carbocycles. The van der Waals surface area contributed by atoms with Gasteiger partial charge in [-0.25, -0.2) is 0 Å². The van der Waals surface area contributed by atoms with E-state index in [0.29, 0.717) is 12.3 Å². The first-order valence-corrected chi connectivity index (χ1v) is 10.2. The molecule has 4 nitrogen and oxygen atoms in total. The topological polar surface area (TPSA) is 38.8 Å². The van der Waals surface area contributed by atoms with Gasteiger partial charge in [-0.15, -0.1) is 11.8 Å². The van der Waals surface area contributed by atoms with E-state index in [1.54, 1.807) is 30.9 Å². The Morgan fingerprint density at radius 3 is 2.21 bits per heavy atom. The number of carbonyl (C=O) groups is 1. The molecule has 0 saturated heterocycles. The van der Waals surface area contributed by atoms with E-state index in [2.05, 4.69) is 0 Å². The van der Waals surface area contributed by atoms with Crippen molar-refractivity contribution in [1.82, 2.24) is 4.90 Å². The van der Waals surface area contributed by atoms with Crippen LogP contribution in [0.3, 0.4) is 0 Å². The summed E-state index contributed by atoms with van der Waals surface area (Å²) in [4.78, 5) is 16.2. The highest BCUT2D eigenvalue weighted by atomic mass is 32.2. The minimum absolute atomic E-state index is 0.0444. The van der Waals surface area contributed by atoms with Crippen molar-refractivity contribution in [2.24, 2.45) is 0 Å². The number of carbonyl (C=O) groups excluding carboxylic acids is 1. The maximum absolute atomic E-state index is 13.4. The zero-order valence-electron chi connectivity index (χ0n) is 16.9. The molecule has 0 aliphatic heterocycles. The molecule has 0 spiro atoms. The van der Waals surface area contributed by atoms with Gasteiger partial charge < -0.3 is 14.4 Å². The second kappa shape index (κ2) is 10.0. The first kappa shape index (κ1) is 20.8. The van der Waals surface area contributed by atoms with Crippen LogP contribution < -0.4 is 9.47 Å². The third kappa shape index (κ3) is 5.33. The Hall–Kier alpha value is -2.92. The molecular formula is C24H25NO3S. The summed E-state index contributed by atoms with van der Waals surface area (Å²) in [6.07, 6.45) is 0. The molecule has 29 heavy (non-hydrogen) atoms. The van der Waals surface area contributed by atoms with Crippen LogP contribution in [-0.4, -0.2) is 32.1 Å². The number of rotatable bonds is 8. The summed E-state index contributed by atoms with van der Waals surface area (Å²) >= 11 is 1.56. The van der Waals surface area contributed by atoms with Crippen molar-refractivity contribution in [2.75, 3.05) is 21.3 Å². The van der Waals surface area contributed by atoms with Crippen LogP contribution >= 0.6 is 11.8 Å². The fourth-order valence-electron chi connectivity index (χ4n) is 3.04. The number of benzene rings is 3. The van der Waals surface area contributed by atoms with E-state index in [0.717, 1.165) is 21.8 Å². The number of ether oxygens (including phenoxy) is 2. The lowest BCUT2D eigenvalue weighted by Gasteiger charge is -2.25. The average Bonchev–Trinajstić information content (AvgIpc) is 2.78. The van der Waals surface area contributed by atoms with Crippen LogP contribution in [0.1, 0.15) is 16.4 Å². The minimum atomic E-state index is -0.326. The monoisotopic (exact) mass is 407 g/mol. The van der Waals surface area contributed by atoms with Gasteiger partial charge in [0.25, 0.3) is 0 Å². The molecule has 3 aromatic rings. The normalized spacial score (nSPS) is 11.6. The van der Waals surface area contributed by atoms with Gasteiger partial charge in [0.1, 0.15) is 16.7 Å². The van der Waals surface area contributed by atoms with Crippen LogP contribution in [0, 0.1) is 0 Å². The van der Waals surface area contributed by atoms with Crippen molar-refractivity contribution in [1.29, 1.82) is 0 Å². The summed E-state index contributed by atoms with van der Waals surface area (Å²) in [6, 6.07) is 25.5. The summed E-state index contributed by atoms with van der Waals surface area (Å²) in [5.74, 6) is 1.47. The van der Waals surface area contributed by atoms with Crippen LogP contribution in [-0.2, 0) is 11.3 Å². The molecule has 3 aromatic carbocycles. The predicted molar refractivity (Wildman–Crippen MR) is 118 cm³/mol. The molecule has 1 amide bonds. The molecular weight excluding hydrogens is 382 g/mol. The standard InChI is InChI=1S/C24H25NO3S/c1-25(17-19-14-15-20(27-2)16-22(19)28-3)24(26)23(18-10-6-4-7-11-18)29-21-12-8-5-9-13-21/h4-16,23H,17H2,1-3H3. The van der Waals surface area contributed by atoms with Crippen LogP contribution in [0.25, 0.3) is 0 Å². The number of likely N-dealkylation sites (N-methyl/N-ethyl adjacent to an activating group) is 1. The molecule has 0 aliphatic rings. The van der Waals surface area contributed by atoms with Gasteiger partial charge in [-0.1, -0.05) is 48.5 Å². The van der Waals surface area contributed by atoms with E-state index in [-0.39, 0.29) is 11.2 Å². The van der Waals surface area contributed by atoms with Gasteiger partial charge in [-0.3, -0.25) is 4.79 Å². The van der Waals surface area contributed by atoms with E-state index in [1.165, 1.54) is 0 Å². The Morgan fingerprint density at radius 2 is 1.59 bits per heavy atom. The van der Waals surface area contributed by atoms with Gasteiger partial charge in [-0.2, -0.15) is 0 Å². The summed E-state index contributed by atoms with van der Waals surface area (Å²) in [5.41, 5.74) is 1.92. The van der Waals surface area contributed by atoms with Gasteiger partial charge in [-0.05, 0) is 29.8 Å². The van der Waals surface area contributed by atoms with Crippen molar-refractivity contribution < 1.29 is 14.3 Å². The third-order valence-electron chi connectivity index (χ3n) is 4.60. The van der Waals surface area contributed by atoms with Gasteiger partial charge >= 0.3 is 0 Å². The summed E-state index contributed by atoms with van der Waals surface area (Å²) in [7, 11) is 5.07. The van der Waals surface area contributed by atoms with Crippen molar-refractivity contribution >= 4 is 17.7 Å². The molecule has 5 heteroatoms. The molecule has 0 aliphatic carbocycles. The maximum Gasteiger partial charge on any atom is 0.240 e. The Bertz CT molecular complexity index is 931. The van der Waals surface area contributed by atoms with Gasteiger partial charge in [0, 0.05) is 30.1 Å². The highest BCUT2D eigenvalue weighted by Gasteiger charge is 2.25. The number of amides is 1. The second-order valence-corrected chi connectivity index (χ2v) is 7.77. The maximum atomic E-state index is 13.4. The molecule has 0 bridgehead atoms. The molecule has 3 rings (SSSR count). The molecule has 0 aromatic heterocycles. The molecule has 1 unspecified atom stereocenters. The summed E-state index contributed by atoms with van der Waals surface area (Å²) in [5, 5.41) is -0.326. The number of hydrogen-bond acceptors (Lipinski definition) is 4. The summed E-state index contributed by atoms with van der Waals surface area (Å²) < 4.78 is 10.7. The lowest BCUT2D eigenvalue weighted by atomic mass is 10.1. The molecule has 150 valence electrons. The molecule has 1 atom stereocenters. The highest BCUT2D eigenvalue weighted by molar-refractivity contribution is 8.00. The van der Waals surface area contributed by atoms with Gasteiger partial charge in [0.15, 0.2) is 0 Å². The average molecular weight is 408 g/mol. The van der Waals surface area contributed by atoms with Crippen LogP contribution in [0.5, 0.6) is 11.5 Å². The SMILES string of the molecule is COc1ccc(CN(C)C(=O)C(Sc2ccccc2)c2ccccc2)c(OC)c1. The van der Waals surface area contributed by atoms with Gasteiger partial charge in [0.05, 0.1) is 14.2 Å². The minimum Gasteiger partial charge on any atom is -0.497 e. The molecule has 0 radical (unpaired) electrons. The largest absolute Gasteiger partial charge is 0.497 e. The fraction of sp³-hybridized carbons (Fsp3) is 0.208. The van der Waals surface area contributed by atoms with Crippen LogP contribution in [0.15, 0.2) is 83.8 Å². The number of hydrogen-bond donors (Lipinski definition) is 0. The zero-order chi connectivity index (χ0) is 20.6. The van der Waals surface area contributed by atoms with Crippen molar-refractivity contribution in [3.05, 3.63) is 90.0 Å². The van der Waals surface area contributed by atoms with E-state index in [1.807, 2.05) is 85.9 Å². The van der Waals surface area contributed by atoms with Gasteiger partial charge in [0.2, 0.25) is 5.91 Å². The highest BCUT2D eigenvalue weighted by Crippen LogP contribution is 2.37. The summed E-state index contributed by atoms with van der Waals surface area (Å²) in [6.45, 7) is 0.449. The predicted octanol–water partition coefficient (Wildman–Crippen LogP) is 5.20. The zero-order valence-corrected chi connectivity index (χ0v) is 17.7.